The van der Waals surface area contributed by atoms with Gasteiger partial charge in [0, 0.05) is 13.1 Å². The van der Waals surface area contributed by atoms with Crippen molar-refractivity contribution in [2.75, 3.05) is 13.7 Å². The molecular weight excluding hydrogens is 478 g/mol. The van der Waals surface area contributed by atoms with Crippen molar-refractivity contribution in [3.63, 3.8) is 0 Å². The van der Waals surface area contributed by atoms with Crippen molar-refractivity contribution in [3.8, 4) is 5.75 Å². The molecule has 0 aliphatic rings. The lowest BCUT2D eigenvalue weighted by Crippen LogP contribution is -2.37. The van der Waals surface area contributed by atoms with E-state index < -0.39 is 11.7 Å². The second-order valence-corrected chi connectivity index (χ2v) is 5.98. The summed E-state index contributed by atoms with van der Waals surface area (Å²) in [5.74, 6) is 0.645. The molecule has 0 amide bonds. The summed E-state index contributed by atoms with van der Waals surface area (Å²) in [5, 5.41) is 9.92. The van der Waals surface area contributed by atoms with Gasteiger partial charge in [0.25, 0.3) is 0 Å². The molecule has 2 N–H and O–H groups in total. The van der Waals surface area contributed by atoms with Crippen molar-refractivity contribution >= 4 is 41.3 Å². The molecule has 4 nitrogen and oxygen atoms in total. The molecule has 0 aliphatic heterocycles. The number of rotatable bonds is 6. The van der Waals surface area contributed by atoms with Crippen molar-refractivity contribution in [1.82, 2.24) is 10.6 Å². The summed E-state index contributed by atoms with van der Waals surface area (Å²) < 4.78 is 44.6. The Balaban J connectivity index is 0.00000338. The first-order valence-electron chi connectivity index (χ1n) is 7.71. The van der Waals surface area contributed by atoms with E-state index in [1.165, 1.54) is 19.2 Å². The Morgan fingerprint density at radius 2 is 2.00 bits per heavy atom. The van der Waals surface area contributed by atoms with Gasteiger partial charge in [0.2, 0.25) is 0 Å². The van der Waals surface area contributed by atoms with E-state index in [0.29, 0.717) is 19.0 Å². The molecule has 1 aromatic heterocycles. The van der Waals surface area contributed by atoms with Crippen LogP contribution in [0.15, 0.2) is 40.0 Å². The van der Waals surface area contributed by atoms with E-state index in [4.69, 9.17) is 4.74 Å². The van der Waals surface area contributed by atoms with Gasteiger partial charge in [-0.25, -0.2) is 4.99 Å². The molecule has 1 heterocycles. The van der Waals surface area contributed by atoms with Gasteiger partial charge >= 0.3 is 6.18 Å². The summed E-state index contributed by atoms with van der Waals surface area (Å²) in [6.45, 7) is 2.99. The van der Waals surface area contributed by atoms with Crippen LogP contribution in [0.25, 0.3) is 0 Å². The lowest BCUT2D eigenvalue weighted by Gasteiger charge is -2.16. The van der Waals surface area contributed by atoms with Crippen molar-refractivity contribution in [2.24, 2.45) is 4.99 Å². The predicted molar refractivity (Wildman–Crippen MR) is 109 cm³/mol. The van der Waals surface area contributed by atoms with Gasteiger partial charge < -0.3 is 15.4 Å². The Labute approximate surface area is 171 Å². The van der Waals surface area contributed by atoms with E-state index in [-0.39, 0.29) is 41.8 Å². The van der Waals surface area contributed by atoms with Crippen molar-refractivity contribution in [1.29, 1.82) is 0 Å². The standard InChI is InChI=1S/C17H20F3N3OS.HI/c1-3-21-16(22-9-12-6-7-25-11-12)23-10-13-4-5-14(24-2)8-15(13)17(18,19)20;/h4-8,11H,3,9-10H2,1-2H3,(H2,21,22,23);1H. The van der Waals surface area contributed by atoms with Crippen LogP contribution < -0.4 is 15.4 Å². The number of thiophene rings is 1. The molecule has 0 spiro atoms. The number of nitrogens with one attached hydrogen (secondary N) is 2. The predicted octanol–water partition coefficient (Wildman–Crippen LogP) is 4.65. The molecule has 9 heteroatoms. The molecule has 1 aromatic carbocycles. The first kappa shape index (κ1) is 22.6. The van der Waals surface area contributed by atoms with E-state index in [2.05, 4.69) is 15.6 Å². The number of hydrogen-bond acceptors (Lipinski definition) is 3. The lowest BCUT2D eigenvalue weighted by molar-refractivity contribution is -0.138. The topological polar surface area (TPSA) is 45.7 Å². The monoisotopic (exact) mass is 499 g/mol. The molecule has 144 valence electrons. The number of benzene rings is 1. The van der Waals surface area contributed by atoms with Gasteiger partial charge in [-0.1, -0.05) is 6.07 Å². The number of ether oxygens (including phenoxy) is 1. The Morgan fingerprint density at radius 1 is 1.23 bits per heavy atom. The maximum absolute atomic E-state index is 13.2. The highest BCUT2D eigenvalue weighted by atomic mass is 127. The SMILES string of the molecule is CCNC(=NCc1ccsc1)NCc1ccc(OC)cc1C(F)(F)F.I. The Bertz CT molecular complexity index is 706. The number of aliphatic imine (C=N–C) groups is 1. The molecule has 0 fully saturated rings. The summed E-state index contributed by atoms with van der Waals surface area (Å²) in [6, 6.07) is 5.90. The number of methoxy groups -OCH3 is 1. The third-order valence-electron chi connectivity index (χ3n) is 3.41. The molecule has 26 heavy (non-hydrogen) atoms. The summed E-state index contributed by atoms with van der Waals surface area (Å²) in [7, 11) is 1.34. The van der Waals surface area contributed by atoms with Crippen molar-refractivity contribution in [3.05, 3.63) is 51.7 Å². The molecular formula is C17H21F3IN3OS. The lowest BCUT2D eigenvalue weighted by atomic mass is 10.1. The van der Waals surface area contributed by atoms with Crippen LogP contribution in [0.1, 0.15) is 23.6 Å². The minimum absolute atomic E-state index is 0. The van der Waals surface area contributed by atoms with E-state index in [1.54, 1.807) is 11.3 Å². The van der Waals surface area contributed by atoms with Crippen LogP contribution in [-0.4, -0.2) is 19.6 Å². The second-order valence-electron chi connectivity index (χ2n) is 5.20. The fourth-order valence-electron chi connectivity index (χ4n) is 2.17. The highest BCUT2D eigenvalue weighted by molar-refractivity contribution is 14.0. The summed E-state index contributed by atoms with van der Waals surface area (Å²) >= 11 is 1.58. The van der Waals surface area contributed by atoms with E-state index in [1.807, 2.05) is 23.8 Å². The molecule has 0 saturated carbocycles. The smallest absolute Gasteiger partial charge is 0.416 e. The average Bonchev–Trinajstić information content (AvgIpc) is 3.10. The van der Waals surface area contributed by atoms with Crippen molar-refractivity contribution < 1.29 is 17.9 Å². The van der Waals surface area contributed by atoms with Gasteiger partial charge in [0.15, 0.2) is 5.96 Å². The van der Waals surface area contributed by atoms with Crippen LogP contribution in [-0.2, 0) is 19.3 Å². The van der Waals surface area contributed by atoms with Crippen LogP contribution in [0.2, 0.25) is 0 Å². The zero-order valence-corrected chi connectivity index (χ0v) is 17.5. The van der Waals surface area contributed by atoms with Crippen LogP contribution in [0, 0.1) is 0 Å². The third-order valence-corrected chi connectivity index (χ3v) is 4.14. The largest absolute Gasteiger partial charge is 0.497 e. The number of alkyl halides is 3. The van der Waals surface area contributed by atoms with Gasteiger partial charge in [-0.05, 0) is 47.0 Å². The summed E-state index contributed by atoms with van der Waals surface area (Å²) in [6.07, 6.45) is -4.45. The Hall–Kier alpha value is -1.49. The number of nitrogens with zero attached hydrogens (tertiary/aromatic N) is 1. The molecule has 0 atom stereocenters. The van der Waals surface area contributed by atoms with Gasteiger partial charge in [0.05, 0.1) is 19.2 Å². The average molecular weight is 499 g/mol. The fourth-order valence-corrected chi connectivity index (χ4v) is 2.83. The molecule has 0 bridgehead atoms. The third kappa shape index (κ3) is 6.67. The van der Waals surface area contributed by atoms with E-state index in [9.17, 15) is 13.2 Å². The first-order valence-corrected chi connectivity index (χ1v) is 8.65. The maximum atomic E-state index is 13.2. The summed E-state index contributed by atoms with van der Waals surface area (Å²) in [4.78, 5) is 4.39. The van der Waals surface area contributed by atoms with Gasteiger partial charge in [-0.3, -0.25) is 0 Å². The molecule has 0 aliphatic carbocycles. The molecule has 0 saturated heterocycles. The van der Waals surface area contributed by atoms with Gasteiger partial charge in [-0.2, -0.15) is 24.5 Å². The minimum Gasteiger partial charge on any atom is -0.497 e. The normalized spacial score (nSPS) is 11.7. The van der Waals surface area contributed by atoms with Crippen LogP contribution in [0.4, 0.5) is 13.2 Å². The summed E-state index contributed by atoms with van der Waals surface area (Å²) in [5.41, 5.74) is 0.477. The first-order chi connectivity index (χ1) is 11.9. The number of halogens is 4. The highest BCUT2D eigenvalue weighted by Crippen LogP contribution is 2.34. The van der Waals surface area contributed by atoms with Gasteiger partial charge in [-0.15, -0.1) is 24.0 Å². The minimum atomic E-state index is -4.45. The second kappa shape index (κ2) is 10.6. The maximum Gasteiger partial charge on any atom is 0.416 e. The molecule has 0 unspecified atom stereocenters. The van der Waals surface area contributed by atoms with Crippen LogP contribution in [0.3, 0.4) is 0 Å². The van der Waals surface area contributed by atoms with Crippen molar-refractivity contribution in [2.45, 2.75) is 26.2 Å². The quantitative estimate of drug-likeness (QED) is 0.346. The van der Waals surface area contributed by atoms with E-state index >= 15 is 0 Å². The van der Waals surface area contributed by atoms with E-state index in [0.717, 1.165) is 11.6 Å². The molecule has 2 rings (SSSR count). The molecule has 0 radical (unpaired) electrons. The zero-order valence-electron chi connectivity index (χ0n) is 14.4. The molecule has 2 aromatic rings. The van der Waals surface area contributed by atoms with Crippen LogP contribution >= 0.6 is 35.3 Å². The van der Waals surface area contributed by atoms with Gasteiger partial charge in [0.1, 0.15) is 5.75 Å². The highest BCUT2D eigenvalue weighted by Gasteiger charge is 2.33. The zero-order chi connectivity index (χ0) is 18.3. The Morgan fingerprint density at radius 3 is 2.58 bits per heavy atom. The van der Waals surface area contributed by atoms with Crippen LogP contribution in [0.5, 0.6) is 5.75 Å². The number of guanidine groups is 1. The fraction of sp³-hybridized carbons (Fsp3) is 0.353. The number of hydrogen-bond donors (Lipinski definition) is 2. The Kier molecular flexibility index (Phi) is 9.20.